The predicted octanol–water partition coefficient (Wildman–Crippen LogP) is 2.70. The fourth-order valence-electron chi connectivity index (χ4n) is 1.98. The van der Waals surface area contributed by atoms with E-state index in [1.807, 2.05) is 13.8 Å². The molecule has 0 saturated carbocycles. The first-order chi connectivity index (χ1) is 8.43. The van der Waals surface area contributed by atoms with Gasteiger partial charge in [0.2, 0.25) is 5.89 Å². The molecule has 0 amide bonds. The number of aliphatic carboxylic acids is 1. The molecule has 18 heavy (non-hydrogen) atoms. The third-order valence-corrected chi connectivity index (χ3v) is 3.40. The van der Waals surface area contributed by atoms with E-state index in [0.717, 1.165) is 6.42 Å². The largest absolute Gasteiger partial charge is 0.481 e. The van der Waals surface area contributed by atoms with Crippen molar-refractivity contribution in [2.45, 2.75) is 53.4 Å². The molecule has 0 unspecified atom stereocenters. The summed E-state index contributed by atoms with van der Waals surface area (Å²) in [4.78, 5) is 15.7. The zero-order chi connectivity index (χ0) is 13.8. The summed E-state index contributed by atoms with van der Waals surface area (Å²) < 4.78 is 5.15. The molecule has 1 aromatic heterocycles. The minimum absolute atomic E-state index is 0.306. The summed E-state index contributed by atoms with van der Waals surface area (Å²) in [6.45, 7) is 7.91. The second-order valence-electron chi connectivity index (χ2n) is 5.17. The van der Waals surface area contributed by atoms with Gasteiger partial charge in [0.25, 0.3) is 0 Å². The Bertz CT molecular complexity index is 395. The van der Waals surface area contributed by atoms with Crippen LogP contribution in [0.3, 0.4) is 0 Å². The SMILES string of the molecule is CCC(CC)(Cc1nc(CC(C)C)no1)C(=O)O. The standard InChI is InChI=1S/C13H22N2O3/c1-5-13(6-2,12(16)17)8-11-14-10(15-18-11)7-9(3)4/h9H,5-8H2,1-4H3,(H,16,17). The van der Waals surface area contributed by atoms with Gasteiger partial charge in [-0.15, -0.1) is 0 Å². The maximum absolute atomic E-state index is 11.4. The third kappa shape index (κ3) is 3.31. The summed E-state index contributed by atoms with van der Waals surface area (Å²) >= 11 is 0. The molecule has 0 aliphatic heterocycles. The van der Waals surface area contributed by atoms with Crippen molar-refractivity contribution in [1.82, 2.24) is 10.1 Å². The van der Waals surface area contributed by atoms with Gasteiger partial charge in [0, 0.05) is 12.8 Å². The topological polar surface area (TPSA) is 76.2 Å². The zero-order valence-corrected chi connectivity index (χ0v) is 11.6. The number of hydrogen-bond donors (Lipinski definition) is 1. The fourth-order valence-corrected chi connectivity index (χ4v) is 1.98. The van der Waals surface area contributed by atoms with E-state index in [0.29, 0.717) is 36.9 Å². The van der Waals surface area contributed by atoms with Crippen LogP contribution in [0.1, 0.15) is 52.3 Å². The van der Waals surface area contributed by atoms with Crippen molar-refractivity contribution in [3.63, 3.8) is 0 Å². The first kappa shape index (κ1) is 14.7. The van der Waals surface area contributed by atoms with Crippen LogP contribution in [0.2, 0.25) is 0 Å². The first-order valence-electron chi connectivity index (χ1n) is 6.48. The summed E-state index contributed by atoms with van der Waals surface area (Å²) in [5.74, 6) is 0.747. The van der Waals surface area contributed by atoms with Crippen molar-refractivity contribution in [3.05, 3.63) is 11.7 Å². The number of hydrogen-bond acceptors (Lipinski definition) is 4. The van der Waals surface area contributed by atoms with Crippen LogP contribution in [-0.2, 0) is 17.6 Å². The molecule has 1 rings (SSSR count). The summed E-state index contributed by atoms with van der Waals surface area (Å²) in [5, 5.41) is 13.2. The maximum Gasteiger partial charge on any atom is 0.310 e. The Labute approximate surface area is 108 Å². The molecule has 0 bridgehead atoms. The molecule has 1 heterocycles. The second-order valence-corrected chi connectivity index (χ2v) is 5.17. The molecule has 0 spiro atoms. The number of nitrogens with zero attached hydrogens (tertiary/aromatic N) is 2. The lowest BCUT2D eigenvalue weighted by Crippen LogP contribution is -2.32. The van der Waals surface area contributed by atoms with E-state index in [9.17, 15) is 9.90 Å². The summed E-state index contributed by atoms with van der Waals surface area (Å²) in [6.07, 6.45) is 2.17. The molecule has 0 atom stereocenters. The van der Waals surface area contributed by atoms with Crippen LogP contribution in [-0.4, -0.2) is 21.2 Å². The molecule has 1 N–H and O–H groups in total. The molecule has 0 fully saturated rings. The molecule has 5 nitrogen and oxygen atoms in total. The average Bonchev–Trinajstić information content (AvgIpc) is 2.72. The molecular formula is C13H22N2O3. The molecule has 102 valence electrons. The van der Waals surface area contributed by atoms with E-state index < -0.39 is 11.4 Å². The van der Waals surface area contributed by atoms with Crippen LogP contribution >= 0.6 is 0 Å². The molecule has 0 radical (unpaired) electrons. The Morgan fingerprint density at radius 2 is 2.00 bits per heavy atom. The Hall–Kier alpha value is -1.39. The normalized spacial score (nSPS) is 12.1. The molecule has 0 aliphatic rings. The van der Waals surface area contributed by atoms with Crippen molar-refractivity contribution in [3.8, 4) is 0 Å². The lowest BCUT2D eigenvalue weighted by molar-refractivity contribution is -0.149. The Kier molecular flexibility index (Phi) is 4.87. The van der Waals surface area contributed by atoms with Crippen LogP contribution in [0.25, 0.3) is 0 Å². The molecular weight excluding hydrogens is 232 g/mol. The smallest absolute Gasteiger partial charge is 0.310 e. The highest BCUT2D eigenvalue weighted by atomic mass is 16.5. The van der Waals surface area contributed by atoms with Crippen LogP contribution in [0, 0.1) is 11.3 Å². The Balaban J connectivity index is 2.82. The van der Waals surface area contributed by atoms with Crippen LogP contribution in [0.5, 0.6) is 0 Å². The van der Waals surface area contributed by atoms with Crippen LogP contribution in [0.4, 0.5) is 0 Å². The van der Waals surface area contributed by atoms with Gasteiger partial charge in [-0.25, -0.2) is 0 Å². The molecule has 5 heteroatoms. The fraction of sp³-hybridized carbons (Fsp3) is 0.769. The highest BCUT2D eigenvalue weighted by molar-refractivity contribution is 5.74. The Morgan fingerprint density at radius 3 is 2.44 bits per heavy atom. The van der Waals surface area contributed by atoms with Gasteiger partial charge in [-0.1, -0.05) is 32.9 Å². The Morgan fingerprint density at radius 1 is 1.39 bits per heavy atom. The van der Waals surface area contributed by atoms with Crippen molar-refractivity contribution >= 4 is 5.97 Å². The lowest BCUT2D eigenvalue weighted by atomic mass is 9.79. The van der Waals surface area contributed by atoms with Crippen LogP contribution in [0.15, 0.2) is 4.52 Å². The van der Waals surface area contributed by atoms with Crippen molar-refractivity contribution < 1.29 is 14.4 Å². The highest BCUT2D eigenvalue weighted by Crippen LogP contribution is 2.30. The number of aromatic nitrogens is 2. The molecule has 0 aliphatic carbocycles. The summed E-state index contributed by atoms with van der Waals surface area (Å²) in [7, 11) is 0. The van der Waals surface area contributed by atoms with Gasteiger partial charge < -0.3 is 9.63 Å². The van der Waals surface area contributed by atoms with E-state index in [1.165, 1.54) is 0 Å². The molecule has 0 aromatic carbocycles. The average molecular weight is 254 g/mol. The molecule has 1 aromatic rings. The van der Waals surface area contributed by atoms with E-state index in [-0.39, 0.29) is 0 Å². The van der Waals surface area contributed by atoms with Crippen molar-refractivity contribution in [2.75, 3.05) is 0 Å². The lowest BCUT2D eigenvalue weighted by Gasteiger charge is -2.24. The summed E-state index contributed by atoms with van der Waals surface area (Å²) in [6, 6.07) is 0. The molecule has 0 saturated heterocycles. The quantitative estimate of drug-likeness (QED) is 0.809. The van der Waals surface area contributed by atoms with Gasteiger partial charge in [-0.05, 0) is 18.8 Å². The van der Waals surface area contributed by atoms with Crippen LogP contribution < -0.4 is 0 Å². The van der Waals surface area contributed by atoms with Gasteiger partial charge in [-0.2, -0.15) is 4.98 Å². The van der Waals surface area contributed by atoms with Crippen molar-refractivity contribution in [2.24, 2.45) is 11.3 Å². The van der Waals surface area contributed by atoms with Gasteiger partial charge in [0.15, 0.2) is 5.82 Å². The first-order valence-corrected chi connectivity index (χ1v) is 6.48. The predicted molar refractivity (Wildman–Crippen MR) is 67.2 cm³/mol. The van der Waals surface area contributed by atoms with E-state index in [4.69, 9.17) is 4.52 Å². The van der Waals surface area contributed by atoms with E-state index >= 15 is 0 Å². The van der Waals surface area contributed by atoms with Gasteiger partial charge >= 0.3 is 5.97 Å². The monoisotopic (exact) mass is 254 g/mol. The number of carboxylic acids is 1. The number of rotatable bonds is 7. The van der Waals surface area contributed by atoms with Gasteiger partial charge in [0.05, 0.1) is 5.41 Å². The van der Waals surface area contributed by atoms with E-state index in [1.54, 1.807) is 0 Å². The number of carboxylic acid groups (broad SMARTS) is 1. The highest BCUT2D eigenvalue weighted by Gasteiger charge is 2.37. The summed E-state index contributed by atoms with van der Waals surface area (Å²) in [5.41, 5.74) is -0.790. The van der Waals surface area contributed by atoms with Gasteiger partial charge in [0.1, 0.15) is 0 Å². The maximum atomic E-state index is 11.4. The van der Waals surface area contributed by atoms with Crippen molar-refractivity contribution in [1.29, 1.82) is 0 Å². The third-order valence-electron chi connectivity index (χ3n) is 3.40. The zero-order valence-electron chi connectivity index (χ0n) is 11.6. The minimum Gasteiger partial charge on any atom is -0.481 e. The minimum atomic E-state index is -0.795. The second kappa shape index (κ2) is 5.98. The van der Waals surface area contributed by atoms with Gasteiger partial charge in [-0.3, -0.25) is 4.79 Å². The number of carbonyl (C=O) groups is 1. The van der Waals surface area contributed by atoms with E-state index in [2.05, 4.69) is 24.0 Å².